The van der Waals surface area contributed by atoms with E-state index < -0.39 is 11.5 Å². The molecule has 0 saturated carbocycles. The Hall–Kier alpha value is -0.260. The fourth-order valence-electron chi connectivity index (χ4n) is 2.86. The van der Waals surface area contributed by atoms with E-state index in [4.69, 9.17) is 4.74 Å². The molecular formula is C13H23NO3S. The second kappa shape index (κ2) is 5.39. The number of thioether (sulfide) groups is 1. The molecule has 2 unspecified atom stereocenters. The number of hydrogen-bond donors (Lipinski definition) is 2. The Balaban J connectivity index is 1.99. The molecule has 2 atom stereocenters. The fourth-order valence-corrected chi connectivity index (χ4v) is 4.29. The quantitative estimate of drug-likeness (QED) is 0.817. The predicted octanol–water partition coefficient (Wildman–Crippen LogP) is 1.74. The highest BCUT2D eigenvalue weighted by Gasteiger charge is 2.46. The summed E-state index contributed by atoms with van der Waals surface area (Å²) in [5.74, 6) is 0.961. The first kappa shape index (κ1) is 14.2. The van der Waals surface area contributed by atoms with E-state index in [1.54, 1.807) is 11.8 Å². The van der Waals surface area contributed by atoms with Crippen LogP contribution in [0, 0.1) is 5.41 Å². The minimum Gasteiger partial charge on any atom is -0.480 e. The van der Waals surface area contributed by atoms with Gasteiger partial charge in [0.05, 0.1) is 6.10 Å². The number of nitrogens with one attached hydrogen (secondary N) is 1. The molecular weight excluding hydrogens is 250 g/mol. The van der Waals surface area contributed by atoms with Crippen molar-refractivity contribution in [1.82, 2.24) is 5.32 Å². The molecule has 0 aromatic heterocycles. The third kappa shape index (κ3) is 3.19. The molecule has 0 aliphatic carbocycles. The first-order valence-corrected chi connectivity index (χ1v) is 7.77. The van der Waals surface area contributed by atoms with Crippen LogP contribution in [0.5, 0.6) is 0 Å². The van der Waals surface area contributed by atoms with Crippen LogP contribution in [0.25, 0.3) is 0 Å². The standard InChI is InChI=1S/C13H23NO3S/c1-12(2)7-13(11(15)16,9-18-8-12)14-6-10-4-3-5-17-10/h10,14H,3-9H2,1-2H3,(H,15,16). The van der Waals surface area contributed by atoms with Gasteiger partial charge in [-0.3, -0.25) is 10.1 Å². The number of rotatable bonds is 4. The highest BCUT2D eigenvalue weighted by Crippen LogP contribution is 2.39. The lowest BCUT2D eigenvalue weighted by molar-refractivity contribution is -0.145. The Bertz CT molecular complexity index is 315. The summed E-state index contributed by atoms with van der Waals surface area (Å²) in [4.78, 5) is 11.7. The average Bonchev–Trinajstić information content (AvgIpc) is 2.77. The molecule has 4 nitrogen and oxygen atoms in total. The molecule has 2 rings (SSSR count). The van der Waals surface area contributed by atoms with Crippen LogP contribution < -0.4 is 5.32 Å². The van der Waals surface area contributed by atoms with Crippen molar-refractivity contribution in [2.24, 2.45) is 5.41 Å². The van der Waals surface area contributed by atoms with Gasteiger partial charge in [0.2, 0.25) is 0 Å². The topological polar surface area (TPSA) is 58.6 Å². The van der Waals surface area contributed by atoms with E-state index in [1.165, 1.54) is 0 Å². The summed E-state index contributed by atoms with van der Waals surface area (Å²) in [5, 5.41) is 12.9. The average molecular weight is 273 g/mol. The normalized spacial score (nSPS) is 35.6. The maximum Gasteiger partial charge on any atom is 0.324 e. The summed E-state index contributed by atoms with van der Waals surface area (Å²) in [7, 11) is 0. The molecule has 0 aromatic rings. The minimum atomic E-state index is -0.779. The van der Waals surface area contributed by atoms with Gasteiger partial charge >= 0.3 is 5.97 Å². The van der Waals surface area contributed by atoms with Crippen LogP contribution in [-0.2, 0) is 9.53 Å². The number of carboxylic acid groups (broad SMARTS) is 1. The maximum atomic E-state index is 11.7. The number of ether oxygens (including phenoxy) is 1. The van der Waals surface area contributed by atoms with Gasteiger partial charge in [-0.15, -0.1) is 0 Å². The van der Waals surface area contributed by atoms with E-state index >= 15 is 0 Å². The van der Waals surface area contributed by atoms with E-state index in [2.05, 4.69) is 19.2 Å². The van der Waals surface area contributed by atoms with Gasteiger partial charge in [-0.05, 0) is 30.4 Å². The van der Waals surface area contributed by atoms with Gasteiger partial charge in [0.15, 0.2) is 0 Å². The molecule has 2 aliphatic heterocycles. The Kier molecular flexibility index (Phi) is 4.24. The zero-order valence-corrected chi connectivity index (χ0v) is 12.0. The molecule has 2 aliphatic rings. The van der Waals surface area contributed by atoms with E-state index in [-0.39, 0.29) is 11.5 Å². The van der Waals surface area contributed by atoms with Crippen molar-refractivity contribution in [3.63, 3.8) is 0 Å². The van der Waals surface area contributed by atoms with Crippen LogP contribution in [0.1, 0.15) is 33.1 Å². The summed E-state index contributed by atoms with van der Waals surface area (Å²) < 4.78 is 5.56. The molecule has 104 valence electrons. The van der Waals surface area contributed by atoms with Crippen LogP contribution in [0.3, 0.4) is 0 Å². The molecule has 0 spiro atoms. The Morgan fingerprint density at radius 3 is 2.83 bits per heavy atom. The van der Waals surface area contributed by atoms with Crippen molar-refractivity contribution in [3.05, 3.63) is 0 Å². The molecule has 0 radical (unpaired) electrons. The first-order valence-electron chi connectivity index (χ1n) is 6.61. The summed E-state index contributed by atoms with van der Waals surface area (Å²) in [6.07, 6.45) is 3.01. The number of hydrogen-bond acceptors (Lipinski definition) is 4. The molecule has 2 fully saturated rings. The Morgan fingerprint density at radius 2 is 2.28 bits per heavy atom. The summed E-state index contributed by atoms with van der Waals surface area (Å²) >= 11 is 1.74. The molecule has 2 N–H and O–H groups in total. The highest BCUT2D eigenvalue weighted by molar-refractivity contribution is 7.99. The lowest BCUT2D eigenvalue weighted by atomic mass is 9.79. The van der Waals surface area contributed by atoms with E-state index in [1.807, 2.05) is 0 Å². The summed E-state index contributed by atoms with van der Waals surface area (Å²) in [6.45, 7) is 5.75. The number of carbonyl (C=O) groups is 1. The van der Waals surface area contributed by atoms with E-state index in [0.29, 0.717) is 18.7 Å². The van der Waals surface area contributed by atoms with E-state index in [9.17, 15) is 9.90 Å². The van der Waals surface area contributed by atoms with Crippen molar-refractivity contribution in [2.75, 3.05) is 24.7 Å². The zero-order chi connectivity index (χ0) is 13.2. The second-order valence-electron chi connectivity index (χ2n) is 6.24. The SMILES string of the molecule is CC1(C)CSCC(NCC2CCCO2)(C(=O)O)C1. The molecule has 2 saturated heterocycles. The van der Waals surface area contributed by atoms with Crippen LogP contribution >= 0.6 is 11.8 Å². The van der Waals surface area contributed by atoms with Crippen molar-refractivity contribution < 1.29 is 14.6 Å². The number of aliphatic carboxylic acids is 1. The van der Waals surface area contributed by atoms with Crippen LogP contribution in [0.15, 0.2) is 0 Å². The number of carboxylic acids is 1. The van der Waals surface area contributed by atoms with Gasteiger partial charge in [-0.1, -0.05) is 13.8 Å². The maximum absolute atomic E-state index is 11.7. The van der Waals surface area contributed by atoms with Crippen LogP contribution in [0.4, 0.5) is 0 Å². The first-order chi connectivity index (χ1) is 8.44. The van der Waals surface area contributed by atoms with Gasteiger partial charge in [0, 0.05) is 18.9 Å². The monoisotopic (exact) mass is 273 g/mol. The lowest BCUT2D eigenvalue weighted by Gasteiger charge is -2.42. The molecule has 0 aromatic carbocycles. The van der Waals surface area contributed by atoms with Crippen LogP contribution in [-0.4, -0.2) is 47.4 Å². The Morgan fingerprint density at radius 1 is 1.50 bits per heavy atom. The highest BCUT2D eigenvalue weighted by atomic mass is 32.2. The van der Waals surface area contributed by atoms with Crippen molar-refractivity contribution in [3.8, 4) is 0 Å². The third-order valence-corrected chi connectivity index (χ3v) is 5.41. The molecule has 2 heterocycles. The van der Waals surface area contributed by atoms with Gasteiger partial charge in [0.25, 0.3) is 0 Å². The van der Waals surface area contributed by atoms with Gasteiger partial charge in [0.1, 0.15) is 5.54 Å². The zero-order valence-electron chi connectivity index (χ0n) is 11.2. The smallest absolute Gasteiger partial charge is 0.324 e. The third-order valence-electron chi connectivity index (χ3n) is 3.72. The van der Waals surface area contributed by atoms with Gasteiger partial charge in [-0.2, -0.15) is 11.8 Å². The fraction of sp³-hybridized carbons (Fsp3) is 0.923. The summed E-state index contributed by atoms with van der Waals surface area (Å²) in [5.41, 5.74) is -0.705. The molecule has 18 heavy (non-hydrogen) atoms. The molecule has 5 heteroatoms. The van der Waals surface area contributed by atoms with Crippen LogP contribution in [0.2, 0.25) is 0 Å². The van der Waals surface area contributed by atoms with E-state index in [0.717, 1.165) is 25.2 Å². The van der Waals surface area contributed by atoms with Crippen molar-refractivity contribution >= 4 is 17.7 Å². The predicted molar refractivity (Wildman–Crippen MR) is 73.1 cm³/mol. The van der Waals surface area contributed by atoms with Crippen molar-refractivity contribution in [2.45, 2.75) is 44.8 Å². The largest absolute Gasteiger partial charge is 0.480 e. The Labute approximate surface area is 113 Å². The second-order valence-corrected chi connectivity index (χ2v) is 7.22. The lowest BCUT2D eigenvalue weighted by Crippen LogP contribution is -2.60. The van der Waals surface area contributed by atoms with Gasteiger partial charge < -0.3 is 9.84 Å². The van der Waals surface area contributed by atoms with Crippen molar-refractivity contribution in [1.29, 1.82) is 0 Å². The minimum absolute atomic E-state index is 0.0742. The molecule has 0 bridgehead atoms. The molecule has 0 amide bonds. The van der Waals surface area contributed by atoms with Gasteiger partial charge in [-0.25, -0.2) is 0 Å². The summed E-state index contributed by atoms with van der Waals surface area (Å²) in [6, 6.07) is 0.